The molecule has 2 unspecified atom stereocenters. The van der Waals surface area contributed by atoms with Gasteiger partial charge in [-0.1, -0.05) is 48.9 Å². The number of amides is 2. The number of thioether (sulfide) groups is 1. The lowest BCUT2D eigenvalue weighted by Gasteiger charge is -2.29. The van der Waals surface area contributed by atoms with Crippen molar-refractivity contribution < 1.29 is 14.0 Å². The number of nitrogens with one attached hydrogen (secondary N) is 1. The Bertz CT molecular complexity index is 865. The van der Waals surface area contributed by atoms with Crippen LogP contribution in [0.15, 0.2) is 48.5 Å². The van der Waals surface area contributed by atoms with Crippen LogP contribution in [0.2, 0.25) is 5.02 Å². The fraction of sp³-hybridized carbons (Fsp3) is 0.391. The van der Waals surface area contributed by atoms with Crippen molar-refractivity contribution in [3.63, 3.8) is 0 Å². The third-order valence-corrected chi connectivity index (χ3v) is 6.05. The van der Waals surface area contributed by atoms with E-state index in [-0.39, 0.29) is 36.0 Å². The monoisotopic (exact) mass is 450 g/mol. The summed E-state index contributed by atoms with van der Waals surface area (Å²) in [5, 5.41) is 3.51. The Morgan fingerprint density at radius 2 is 1.90 bits per heavy atom. The molecule has 0 fully saturated rings. The van der Waals surface area contributed by atoms with Gasteiger partial charge in [0.25, 0.3) is 0 Å². The van der Waals surface area contributed by atoms with Crippen molar-refractivity contribution in [2.45, 2.75) is 51.6 Å². The fourth-order valence-electron chi connectivity index (χ4n) is 2.83. The molecule has 0 aliphatic rings. The lowest BCUT2D eigenvalue weighted by Crippen LogP contribution is -2.50. The van der Waals surface area contributed by atoms with Crippen LogP contribution in [-0.4, -0.2) is 34.6 Å². The van der Waals surface area contributed by atoms with Crippen molar-refractivity contribution in [3.05, 3.63) is 70.5 Å². The lowest BCUT2D eigenvalue weighted by atomic mass is 10.1. The normalized spacial score (nSPS) is 12.8. The second-order valence-electron chi connectivity index (χ2n) is 7.23. The highest BCUT2D eigenvalue weighted by Gasteiger charge is 2.26. The van der Waals surface area contributed by atoms with Gasteiger partial charge in [0.15, 0.2) is 0 Å². The van der Waals surface area contributed by atoms with E-state index in [1.54, 1.807) is 42.2 Å². The number of nitrogens with zero attached hydrogens (tertiary/aromatic N) is 1. The summed E-state index contributed by atoms with van der Waals surface area (Å²) >= 11 is 7.41. The van der Waals surface area contributed by atoms with Gasteiger partial charge in [-0.25, -0.2) is 4.39 Å². The zero-order valence-corrected chi connectivity index (χ0v) is 19.1. The first kappa shape index (κ1) is 24.2. The maximum Gasteiger partial charge on any atom is 0.242 e. The fourth-order valence-corrected chi connectivity index (χ4v) is 3.94. The molecule has 2 atom stereocenters. The SMILES string of the molecule is CCC(C)NC(=O)C(C)N(Cc1cccc(Cl)c1)C(=O)CSCc1ccccc1F. The molecule has 4 nitrogen and oxygen atoms in total. The van der Waals surface area contributed by atoms with E-state index in [0.29, 0.717) is 16.3 Å². The highest BCUT2D eigenvalue weighted by Crippen LogP contribution is 2.19. The van der Waals surface area contributed by atoms with Crippen LogP contribution >= 0.6 is 23.4 Å². The van der Waals surface area contributed by atoms with Gasteiger partial charge in [0.1, 0.15) is 11.9 Å². The molecule has 0 aliphatic carbocycles. The Morgan fingerprint density at radius 3 is 2.57 bits per heavy atom. The molecular weight excluding hydrogens is 423 g/mol. The minimum atomic E-state index is -0.639. The smallest absolute Gasteiger partial charge is 0.242 e. The maximum atomic E-state index is 13.8. The van der Waals surface area contributed by atoms with Crippen molar-refractivity contribution in [3.8, 4) is 0 Å². The number of rotatable bonds is 10. The first-order valence-corrected chi connectivity index (χ1v) is 11.5. The van der Waals surface area contributed by atoms with E-state index in [4.69, 9.17) is 11.6 Å². The number of halogens is 2. The van der Waals surface area contributed by atoms with E-state index in [0.717, 1.165) is 12.0 Å². The van der Waals surface area contributed by atoms with Gasteiger partial charge in [0.05, 0.1) is 5.75 Å². The van der Waals surface area contributed by atoms with E-state index >= 15 is 0 Å². The van der Waals surface area contributed by atoms with Gasteiger partial charge in [-0.2, -0.15) is 0 Å². The summed E-state index contributed by atoms with van der Waals surface area (Å²) in [7, 11) is 0. The molecule has 0 bridgehead atoms. The number of hydrogen-bond donors (Lipinski definition) is 1. The molecule has 0 spiro atoms. The van der Waals surface area contributed by atoms with Gasteiger partial charge < -0.3 is 10.2 Å². The van der Waals surface area contributed by atoms with Gasteiger partial charge in [-0.05, 0) is 49.6 Å². The quantitative estimate of drug-likeness (QED) is 0.551. The summed E-state index contributed by atoms with van der Waals surface area (Å²) in [6, 6.07) is 13.1. The molecule has 2 rings (SSSR count). The van der Waals surface area contributed by atoms with Crippen LogP contribution in [0.3, 0.4) is 0 Å². The maximum absolute atomic E-state index is 13.8. The zero-order valence-electron chi connectivity index (χ0n) is 17.5. The second-order valence-corrected chi connectivity index (χ2v) is 8.65. The third-order valence-electron chi connectivity index (χ3n) is 4.85. The Morgan fingerprint density at radius 1 is 1.17 bits per heavy atom. The number of benzene rings is 2. The molecule has 1 N–H and O–H groups in total. The molecule has 30 heavy (non-hydrogen) atoms. The summed E-state index contributed by atoms with van der Waals surface area (Å²) in [5.41, 5.74) is 1.40. The zero-order chi connectivity index (χ0) is 22.1. The van der Waals surface area contributed by atoms with Crippen LogP contribution < -0.4 is 5.32 Å². The van der Waals surface area contributed by atoms with Crippen LogP contribution in [-0.2, 0) is 21.9 Å². The predicted octanol–water partition coefficient (Wildman–Crippen LogP) is 5.04. The standard InChI is InChI=1S/C23H28ClFN2O2S/c1-4-16(2)26-23(29)17(3)27(13-18-8-7-10-20(24)12-18)22(28)15-30-14-19-9-5-6-11-21(19)25/h5-12,16-17H,4,13-15H2,1-3H3,(H,26,29). The Labute approximate surface area is 187 Å². The largest absolute Gasteiger partial charge is 0.352 e. The van der Waals surface area contributed by atoms with Crippen LogP contribution in [0, 0.1) is 5.82 Å². The molecule has 7 heteroatoms. The third kappa shape index (κ3) is 7.33. The molecule has 162 valence electrons. The van der Waals surface area contributed by atoms with E-state index < -0.39 is 6.04 Å². The van der Waals surface area contributed by atoms with Gasteiger partial charge >= 0.3 is 0 Å². The number of hydrogen-bond acceptors (Lipinski definition) is 3. The summed E-state index contributed by atoms with van der Waals surface area (Å²) in [6.45, 7) is 5.91. The van der Waals surface area contributed by atoms with Crippen LogP contribution in [0.1, 0.15) is 38.3 Å². The first-order chi connectivity index (χ1) is 14.3. The summed E-state index contributed by atoms with van der Waals surface area (Å²) in [5.74, 6) is -0.122. The molecule has 0 radical (unpaired) electrons. The lowest BCUT2D eigenvalue weighted by molar-refractivity contribution is -0.138. The van der Waals surface area contributed by atoms with Crippen molar-refractivity contribution in [2.24, 2.45) is 0 Å². The second kappa shape index (κ2) is 12.0. The number of carbonyl (C=O) groups excluding carboxylic acids is 2. The van der Waals surface area contributed by atoms with E-state index in [9.17, 15) is 14.0 Å². The minimum Gasteiger partial charge on any atom is -0.352 e. The molecule has 0 heterocycles. The molecule has 0 saturated heterocycles. The van der Waals surface area contributed by atoms with Crippen molar-refractivity contribution in [1.82, 2.24) is 10.2 Å². The topological polar surface area (TPSA) is 49.4 Å². The molecule has 0 aromatic heterocycles. The Hall–Kier alpha value is -2.05. The average Bonchev–Trinajstić information content (AvgIpc) is 2.72. The summed E-state index contributed by atoms with van der Waals surface area (Å²) in [6.07, 6.45) is 0.805. The number of carbonyl (C=O) groups is 2. The molecule has 2 aromatic carbocycles. The highest BCUT2D eigenvalue weighted by molar-refractivity contribution is 7.99. The van der Waals surface area contributed by atoms with Crippen molar-refractivity contribution in [2.75, 3.05) is 5.75 Å². The van der Waals surface area contributed by atoms with E-state index in [1.165, 1.54) is 17.8 Å². The Kier molecular flexibility index (Phi) is 9.66. The molecule has 0 saturated carbocycles. The van der Waals surface area contributed by atoms with E-state index in [1.807, 2.05) is 26.0 Å². The highest BCUT2D eigenvalue weighted by atomic mass is 35.5. The average molecular weight is 451 g/mol. The Balaban J connectivity index is 2.09. The van der Waals surface area contributed by atoms with Gasteiger partial charge in [-0.3, -0.25) is 9.59 Å². The van der Waals surface area contributed by atoms with Crippen LogP contribution in [0.4, 0.5) is 4.39 Å². The van der Waals surface area contributed by atoms with Crippen LogP contribution in [0.5, 0.6) is 0 Å². The molecule has 0 aliphatic heterocycles. The van der Waals surface area contributed by atoms with Gasteiger partial charge in [0.2, 0.25) is 11.8 Å². The minimum absolute atomic E-state index is 0.0264. The molecule has 2 amide bonds. The molecule has 2 aromatic rings. The molecular formula is C23H28ClFN2O2S. The van der Waals surface area contributed by atoms with Crippen LogP contribution in [0.25, 0.3) is 0 Å². The predicted molar refractivity (Wildman–Crippen MR) is 122 cm³/mol. The van der Waals surface area contributed by atoms with Gasteiger partial charge in [-0.15, -0.1) is 11.8 Å². The van der Waals surface area contributed by atoms with Crippen molar-refractivity contribution >= 4 is 35.2 Å². The first-order valence-electron chi connectivity index (χ1n) is 9.97. The van der Waals surface area contributed by atoms with Gasteiger partial charge in [0, 0.05) is 23.4 Å². The van der Waals surface area contributed by atoms with E-state index in [2.05, 4.69) is 5.32 Å². The summed E-state index contributed by atoms with van der Waals surface area (Å²) in [4.78, 5) is 27.2. The summed E-state index contributed by atoms with van der Waals surface area (Å²) < 4.78 is 13.8. The van der Waals surface area contributed by atoms with Crippen molar-refractivity contribution in [1.29, 1.82) is 0 Å².